The number of sulfonamides is 1. The van der Waals surface area contributed by atoms with Crippen LogP contribution in [0.5, 0.6) is 11.5 Å². The maximum Gasteiger partial charge on any atom is 0.312 e. The van der Waals surface area contributed by atoms with Crippen molar-refractivity contribution in [3.8, 4) is 11.5 Å². The minimum Gasteiger partial charge on any atom is -0.450 e. The highest BCUT2D eigenvalue weighted by molar-refractivity contribution is 7.89. The van der Waals surface area contributed by atoms with Gasteiger partial charge < -0.3 is 9.64 Å². The zero-order valence-electron chi connectivity index (χ0n) is 15.2. The molecule has 1 heterocycles. The molecule has 0 radical (unpaired) electrons. The smallest absolute Gasteiger partial charge is 0.312 e. The van der Waals surface area contributed by atoms with Gasteiger partial charge in [-0.25, -0.2) is 8.42 Å². The van der Waals surface area contributed by atoms with Gasteiger partial charge in [-0.1, -0.05) is 17.7 Å². The van der Waals surface area contributed by atoms with Gasteiger partial charge in [0, 0.05) is 6.07 Å². The van der Waals surface area contributed by atoms with E-state index >= 15 is 0 Å². The average molecular weight is 392 g/mol. The molecule has 0 amide bonds. The lowest BCUT2D eigenvalue weighted by Crippen LogP contribution is -3.12. The van der Waals surface area contributed by atoms with E-state index in [1.165, 1.54) is 21.3 Å². The molecule has 1 N–H and O–H groups in total. The Hall–Kier alpha value is -2.49. The van der Waals surface area contributed by atoms with Crippen molar-refractivity contribution >= 4 is 15.7 Å². The van der Waals surface area contributed by atoms with Gasteiger partial charge in [-0.05, 0) is 31.2 Å². The molecule has 2 aromatic carbocycles. The molecule has 0 bridgehead atoms. The van der Waals surface area contributed by atoms with Crippen molar-refractivity contribution in [2.45, 2.75) is 11.8 Å². The molecule has 2 aromatic rings. The van der Waals surface area contributed by atoms with Gasteiger partial charge in [-0.2, -0.15) is 4.31 Å². The monoisotopic (exact) mass is 392 g/mol. The first-order valence-corrected chi connectivity index (χ1v) is 10.1. The highest BCUT2D eigenvalue weighted by Crippen LogP contribution is 2.34. The van der Waals surface area contributed by atoms with Crippen molar-refractivity contribution in [1.29, 1.82) is 0 Å². The summed E-state index contributed by atoms with van der Waals surface area (Å²) >= 11 is 0. The van der Waals surface area contributed by atoms with Crippen LogP contribution < -0.4 is 9.64 Å². The van der Waals surface area contributed by atoms with Crippen LogP contribution in [0.1, 0.15) is 5.56 Å². The Morgan fingerprint density at radius 3 is 2.33 bits per heavy atom. The van der Waals surface area contributed by atoms with Crippen molar-refractivity contribution in [1.82, 2.24) is 4.31 Å². The van der Waals surface area contributed by atoms with Gasteiger partial charge in [0.1, 0.15) is 5.75 Å². The van der Waals surface area contributed by atoms with Gasteiger partial charge in [0.2, 0.25) is 15.8 Å². The number of rotatable bonds is 5. The summed E-state index contributed by atoms with van der Waals surface area (Å²) in [6.07, 6.45) is 0. The molecule has 1 aliphatic rings. The van der Waals surface area contributed by atoms with Crippen LogP contribution >= 0.6 is 0 Å². The van der Waals surface area contributed by atoms with E-state index in [0.717, 1.165) is 11.6 Å². The zero-order valence-corrected chi connectivity index (χ0v) is 16.0. The van der Waals surface area contributed by atoms with E-state index in [1.54, 1.807) is 12.1 Å². The van der Waals surface area contributed by atoms with Crippen LogP contribution in [0.15, 0.2) is 47.4 Å². The first-order valence-electron chi connectivity index (χ1n) is 8.62. The van der Waals surface area contributed by atoms with E-state index in [2.05, 4.69) is 0 Å². The maximum absolute atomic E-state index is 12.8. The third-order valence-corrected chi connectivity index (χ3v) is 6.48. The Labute approximate surface area is 158 Å². The number of nitrogens with one attached hydrogen (secondary N) is 1. The van der Waals surface area contributed by atoms with Crippen LogP contribution in [0.4, 0.5) is 5.69 Å². The Morgan fingerprint density at radius 2 is 1.74 bits per heavy atom. The molecule has 1 aliphatic heterocycles. The molecule has 0 aromatic heterocycles. The van der Waals surface area contributed by atoms with Crippen LogP contribution in [-0.2, 0) is 10.0 Å². The standard InChI is InChI=1S/C18H21N3O5S/c1-14-3-5-15(6-4-14)26-18-8-7-16(13-17(18)21(22)23)27(24,25)20-11-9-19(2)10-12-20/h3-8,13H,9-12H2,1-2H3/p+1. The highest BCUT2D eigenvalue weighted by Gasteiger charge is 2.31. The van der Waals surface area contributed by atoms with Crippen molar-refractivity contribution in [3.63, 3.8) is 0 Å². The summed E-state index contributed by atoms with van der Waals surface area (Å²) in [5.74, 6) is 0.451. The number of ether oxygens (including phenoxy) is 1. The Kier molecular flexibility index (Phi) is 5.45. The van der Waals surface area contributed by atoms with E-state index in [-0.39, 0.29) is 16.3 Å². The lowest BCUT2D eigenvalue weighted by Gasteiger charge is -2.29. The quantitative estimate of drug-likeness (QED) is 0.610. The Balaban J connectivity index is 1.91. The summed E-state index contributed by atoms with van der Waals surface area (Å²) in [5.41, 5.74) is 0.656. The van der Waals surface area contributed by atoms with Gasteiger partial charge in [0.05, 0.1) is 43.0 Å². The minimum atomic E-state index is -3.78. The number of nitro groups is 1. The lowest BCUT2D eigenvalue weighted by atomic mass is 10.2. The number of nitrogens with zero attached hydrogens (tertiary/aromatic N) is 2. The fourth-order valence-electron chi connectivity index (χ4n) is 2.88. The average Bonchev–Trinajstić information content (AvgIpc) is 2.64. The minimum absolute atomic E-state index is 0.00521. The van der Waals surface area contributed by atoms with Gasteiger partial charge >= 0.3 is 5.69 Å². The maximum atomic E-state index is 12.8. The molecule has 0 saturated carbocycles. The molecular weight excluding hydrogens is 370 g/mol. The first kappa shape index (κ1) is 19.3. The first-order chi connectivity index (χ1) is 12.8. The molecule has 1 saturated heterocycles. The summed E-state index contributed by atoms with van der Waals surface area (Å²) < 4.78 is 32.6. The van der Waals surface area contributed by atoms with Crippen LogP contribution in [0.25, 0.3) is 0 Å². The number of quaternary nitrogens is 1. The van der Waals surface area contributed by atoms with E-state index in [0.29, 0.717) is 31.9 Å². The second kappa shape index (κ2) is 7.63. The SMILES string of the molecule is Cc1ccc(Oc2ccc(S(=O)(=O)N3CC[NH+](C)CC3)cc2[N+](=O)[O-])cc1. The summed E-state index contributed by atoms with van der Waals surface area (Å²) in [4.78, 5) is 12.0. The third kappa shape index (κ3) is 4.26. The van der Waals surface area contributed by atoms with Gasteiger partial charge in [0.15, 0.2) is 0 Å². The largest absolute Gasteiger partial charge is 0.450 e. The van der Waals surface area contributed by atoms with Crippen molar-refractivity contribution in [2.24, 2.45) is 0 Å². The summed E-state index contributed by atoms with van der Waals surface area (Å²) in [5, 5.41) is 11.5. The third-order valence-electron chi connectivity index (χ3n) is 4.59. The Bertz CT molecular complexity index is 936. The van der Waals surface area contributed by atoms with Crippen molar-refractivity contribution < 1.29 is 23.0 Å². The molecule has 0 atom stereocenters. The molecular formula is C18H22N3O5S+. The van der Waals surface area contributed by atoms with Gasteiger partial charge in [0.25, 0.3) is 0 Å². The normalized spacial score (nSPS) is 16.2. The van der Waals surface area contributed by atoms with Crippen molar-refractivity contribution in [2.75, 3.05) is 33.2 Å². The van der Waals surface area contributed by atoms with Crippen LogP contribution in [-0.4, -0.2) is 50.9 Å². The molecule has 144 valence electrons. The molecule has 9 heteroatoms. The molecule has 0 spiro atoms. The predicted molar refractivity (Wildman–Crippen MR) is 99.7 cm³/mol. The molecule has 3 rings (SSSR count). The summed E-state index contributed by atoms with van der Waals surface area (Å²) in [6, 6.07) is 10.8. The predicted octanol–water partition coefficient (Wildman–Crippen LogP) is 1.21. The number of likely N-dealkylation sites (N-methyl/N-ethyl adjacent to an activating group) is 1. The fraction of sp³-hybridized carbons (Fsp3) is 0.333. The van der Waals surface area contributed by atoms with Crippen molar-refractivity contribution in [3.05, 3.63) is 58.1 Å². The fourth-order valence-corrected chi connectivity index (χ4v) is 4.34. The molecule has 0 unspecified atom stereocenters. The molecule has 1 fully saturated rings. The van der Waals surface area contributed by atoms with E-state index in [1.807, 2.05) is 26.1 Å². The highest BCUT2D eigenvalue weighted by atomic mass is 32.2. The van der Waals surface area contributed by atoms with E-state index < -0.39 is 14.9 Å². The summed E-state index contributed by atoms with van der Waals surface area (Å²) in [6.45, 7) is 4.12. The second-order valence-corrected chi connectivity index (χ2v) is 8.60. The lowest BCUT2D eigenvalue weighted by molar-refractivity contribution is -0.883. The molecule has 8 nitrogen and oxygen atoms in total. The number of benzene rings is 2. The van der Waals surface area contributed by atoms with Crippen LogP contribution in [0, 0.1) is 17.0 Å². The number of nitro benzene ring substituents is 1. The topological polar surface area (TPSA) is 94.2 Å². The number of aryl methyl sites for hydroxylation is 1. The summed E-state index contributed by atoms with van der Waals surface area (Å²) in [7, 11) is -1.77. The van der Waals surface area contributed by atoms with Crippen LogP contribution in [0.3, 0.4) is 0 Å². The number of hydrogen-bond acceptors (Lipinski definition) is 5. The van der Waals surface area contributed by atoms with E-state index in [9.17, 15) is 18.5 Å². The zero-order chi connectivity index (χ0) is 19.6. The van der Waals surface area contributed by atoms with Gasteiger partial charge in [-0.15, -0.1) is 0 Å². The Morgan fingerprint density at radius 1 is 1.11 bits per heavy atom. The van der Waals surface area contributed by atoms with E-state index in [4.69, 9.17) is 4.74 Å². The van der Waals surface area contributed by atoms with Crippen LogP contribution in [0.2, 0.25) is 0 Å². The number of piperazine rings is 1. The molecule has 27 heavy (non-hydrogen) atoms. The molecule has 0 aliphatic carbocycles. The second-order valence-electron chi connectivity index (χ2n) is 6.66. The van der Waals surface area contributed by atoms with Gasteiger partial charge in [-0.3, -0.25) is 10.1 Å². The number of hydrogen-bond donors (Lipinski definition) is 1.